The van der Waals surface area contributed by atoms with E-state index in [0.717, 1.165) is 5.56 Å². The summed E-state index contributed by atoms with van der Waals surface area (Å²) in [5.74, 6) is 0.0565. The van der Waals surface area contributed by atoms with E-state index in [1.54, 1.807) is 24.3 Å². The number of halogens is 1. The van der Waals surface area contributed by atoms with E-state index in [9.17, 15) is 13.2 Å². The maximum Gasteiger partial charge on any atom is 0.246 e. The molecular formula is C22H27ClN2O5S. The van der Waals surface area contributed by atoms with Gasteiger partial charge < -0.3 is 14.8 Å². The summed E-state index contributed by atoms with van der Waals surface area (Å²) in [6.07, 6.45) is 1.22. The molecule has 1 aliphatic heterocycles. The molecule has 1 fully saturated rings. The molecule has 168 valence electrons. The monoisotopic (exact) mass is 466 g/mol. The second-order valence-corrected chi connectivity index (χ2v) is 9.84. The Morgan fingerprint density at radius 1 is 1.16 bits per heavy atom. The van der Waals surface area contributed by atoms with Crippen molar-refractivity contribution in [2.45, 2.75) is 30.7 Å². The van der Waals surface area contributed by atoms with Crippen LogP contribution in [0.15, 0.2) is 47.4 Å². The second kappa shape index (κ2) is 9.89. The van der Waals surface area contributed by atoms with E-state index in [-0.39, 0.29) is 29.1 Å². The highest BCUT2D eigenvalue weighted by molar-refractivity contribution is 7.89. The predicted molar refractivity (Wildman–Crippen MR) is 119 cm³/mol. The Hall–Kier alpha value is -2.29. The van der Waals surface area contributed by atoms with Crippen LogP contribution in [-0.4, -0.2) is 45.9 Å². The van der Waals surface area contributed by atoms with Gasteiger partial charge in [-0.05, 0) is 49.6 Å². The Balaban J connectivity index is 1.75. The maximum absolute atomic E-state index is 13.3. The zero-order chi connectivity index (χ0) is 22.6. The van der Waals surface area contributed by atoms with Gasteiger partial charge in [-0.1, -0.05) is 23.7 Å². The van der Waals surface area contributed by atoms with Gasteiger partial charge in [0.25, 0.3) is 0 Å². The van der Waals surface area contributed by atoms with Gasteiger partial charge in [-0.3, -0.25) is 4.79 Å². The summed E-state index contributed by atoms with van der Waals surface area (Å²) in [4.78, 5) is 12.9. The molecule has 1 N–H and O–H groups in total. The van der Waals surface area contributed by atoms with E-state index in [0.29, 0.717) is 30.2 Å². The first-order chi connectivity index (χ1) is 14.8. The number of hydrogen-bond acceptors (Lipinski definition) is 5. The molecule has 1 amide bonds. The zero-order valence-corrected chi connectivity index (χ0v) is 19.4. The van der Waals surface area contributed by atoms with Crippen LogP contribution in [0.1, 0.15) is 31.4 Å². The van der Waals surface area contributed by atoms with E-state index >= 15 is 0 Å². The molecule has 0 unspecified atom stereocenters. The number of piperidine rings is 1. The first kappa shape index (κ1) is 23.4. The van der Waals surface area contributed by atoms with E-state index in [4.69, 9.17) is 21.1 Å². The van der Waals surface area contributed by atoms with Crippen LogP contribution in [0, 0.1) is 5.92 Å². The fourth-order valence-electron chi connectivity index (χ4n) is 3.67. The van der Waals surface area contributed by atoms with E-state index < -0.39 is 15.9 Å². The molecule has 0 spiro atoms. The van der Waals surface area contributed by atoms with Gasteiger partial charge in [-0.2, -0.15) is 4.31 Å². The minimum Gasteiger partial charge on any atom is -0.497 e. The third-order valence-electron chi connectivity index (χ3n) is 5.47. The average molecular weight is 467 g/mol. The summed E-state index contributed by atoms with van der Waals surface area (Å²) in [6.45, 7) is 2.35. The van der Waals surface area contributed by atoms with Gasteiger partial charge in [-0.25, -0.2) is 8.42 Å². The fraction of sp³-hybridized carbons (Fsp3) is 0.409. The second-order valence-electron chi connectivity index (χ2n) is 7.50. The van der Waals surface area contributed by atoms with Crippen molar-refractivity contribution in [1.29, 1.82) is 0 Å². The fourth-order valence-corrected chi connectivity index (χ4v) is 5.49. The van der Waals surface area contributed by atoms with Gasteiger partial charge >= 0.3 is 0 Å². The maximum atomic E-state index is 13.3. The lowest BCUT2D eigenvalue weighted by Crippen LogP contribution is -2.45. The van der Waals surface area contributed by atoms with Crippen LogP contribution >= 0.6 is 11.6 Å². The van der Waals surface area contributed by atoms with Crippen molar-refractivity contribution in [3.63, 3.8) is 0 Å². The number of nitrogens with zero attached hydrogens (tertiary/aromatic N) is 1. The molecule has 0 aromatic heterocycles. The largest absolute Gasteiger partial charge is 0.497 e. The van der Waals surface area contributed by atoms with Crippen LogP contribution in [0.25, 0.3) is 0 Å². The lowest BCUT2D eigenvalue weighted by Gasteiger charge is -2.32. The Labute approximate surface area is 188 Å². The Morgan fingerprint density at radius 3 is 2.52 bits per heavy atom. The summed E-state index contributed by atoms with van der Waals surface area (Å²) in [6, 6.07) is 11.7. The van der Waals surface area contributed by atoms with Gasteiger partial charge in [0, 0.05) is 24.2 Å². The number of sulfonamides is 1. The van der Waals surface area contributed by atoms with Gasteiger partial charge in [-0.15, -0.1) is 0 Å². The third-order valence-corrected chi connectivity index (χ3v) is 7.61. The molecule has 1 saturated heterocycles. The molecule has 2 aromatic rings. The topological polar surface area (TPSA) is 84.9 Å². The van der Waals surface area contributed by atoms with Crippen LogP contribution in [0.4, 0.5) is 0 Å². The van der Waals surface area contributed by atoms with Crippen molar-refractivity contribution >= 4 is 27.5 Å². The SMILES string of the molecule is COc1ccc(OC)c(S(=O)(=O)N2CCC[C@@H](C(=O)N[C@@H](C)c3ccc(Cl)cc3)C2)c1. The third kappa shape index (κ3) is 5.31. The van der Waals surface area contributed by atoms with E-state index in [1.807, 2.05) is 19.1 Å². The average Bonchev–Trinajstić information content (AvgIpc) is 2.79. The highest BCUT2D eigenvalue weighted by Gasteiger charge is 2.35. The lowest BCUT2D eigenvalue weighted by atomic mass is 9.98. The molecular weight excluding hydrogens is 440 g/mol. The number of amides is 1. The molecule has 0 radical (unpaired) electrons. The molecule has 2 atom stereocenters. The lowest BCUT2D eigenvalue weighted by molar-refractivity contribution is -0.126. The van der Waals surface area contributed by atoms with Crippen LogP contribution in [0.2, 0.25) is 5.02 Å². The molecule has 0 saturated carbocycles. The Kier molecular flexibility index (Phi) is 7.46. The van der Waals surface area contributed by atoms with Crippen molar-refractivity contribution < 1.29 is 22.7 Å². The Bertz CT molecular complexity index is 1030. The molecule has 0 bridgehead atoms. The molecule has 7 nitrogen and oxygen atoms in total. The molecule has 0 aliphatic carbocycles. The van der Waals surface area contributed by atoms with Gasteiger partial charge in [0.15, 0.2) is 0 Å². The minimum absolute atomic E-state index is 0.0324. The molecule has 3 rings (SSSR count). The zero-order valence-electron chi connectivity index (χ0n) is 17.8. The number of hydrogen-bond donors (Lipinski definition) is 1. The van der Waals surface area contributed by atoms with Crippen molar-refractivity contribution in [3.05, 3.63) is 53.1 Å². The van der Waals surface area contributed by atoms with E-state index in [2.05, 4.69) is 5.32 Å². The number of carbonyl (C=O) groups excluding carboxylic acids is 1. The van der Waals surface area contributed by atoms with E-state index in [1.165, 1.54) is 24.6 Å². The number of benzene rings is 2. The number of ether oxygens (including phenoxy) is 2. The summed E-state index contributed by atoms with van der Waals surface area (Å²) >= 11 is 5.93. The normalized spacial score (nSPS) is 18.3. The van der Waals surface area contributed by atoms with Crippen LogP contribution in [-0.2, 0) is 14.8 Å². The Morgan fingerprint density at radius 2 is 1.87 bits per heavy atom. The first-order valence-electron chi connectivity index (χ1n) is 10.0. The summed E-state index contributed by atoms with van der Waals surface area (Å²) in [5.41, 5.74) is 0.930. The quantitative estimate of drug-likeness (QED) is 0.673. The highest BCUT2D eigenvalue weighted by Crippen LogP contribution is 2.33. The van der Waals surface area contributed by atoms with Crippen LogP contribution in [0.3, 0.4) is 0 Å². The van der Waals surface area contributed by atoms with Crippen molar-refractivity contribution in [3.8, 4) is 11.5 Å². The van der Waals surface area contributed by atoms with Crippen molar-refractivity contribution in [2.24, 2.45) is 5.92 Å². The number of nitrogens with one attached hydrogen (secondary N) is 1. The van der Waals surface area contributed by atoms with Crippen LogP contribution < -0.4 is 14.8 Å². The molecule has 9 heteroatoms. The number of methoxy groups -OCH3 is 2. The number of carbonyl (C=O) groups is 1. The summed E-state index contributed by atoms with van der Waals surface area (Å²) in [7, 11) is -0.960. The van der Waals surface area contributed by atoms with Gasteiger partial charge in [0.2, 0.25) is 15.9 Å². The molecule has 31 heavy (non-hydrogen) atoms. The first-order valence-corrected chi connectivity index (χ1v) is 11.9. The van der Waals surface area contributed by atoms with Gasteiger partial charge in [0.1, 0.15) is 16.4 Å². The van der Waals surface area contributed by atoms with Gasteiger partial charge in [0.05, 0.1) is 26.2 Å². The summed E-state index contributed by atoms with van der Waals surface area (Å²) in [5, 5.41) is 3.62. The summed E-state index contributed by atoms with van der Waals surface area (Å²) < 4.78 is 38.4. The van der Waals surface area contributed by atoms with Crippen molar-refractivity contribution in [2.75, 3.05) is 27.3 Å². The smallest absolute Gasteiger partial charge is 0.246 e. The standard InChI is InChI=1S/C22H27ClN2O5S/c1-15(16-6-8-18(23)9-7-16)24-22(26)17-5-4-12-25(14-17)31(27,28)21-13-19(29-2)10-11-20(21)30-3/h6-11,13,15,17H,4-5,12,14H2,1-3H3,(H,24,26)/t15-,17+/m0/s1. The molecule has 2 aromatic carbocycles. The minimum atomic E-state index is -3.86. The van der Waals surface area contributed by atoms with Crippen molar-refractivity contribution in [1.82, 2.24) is 9.62 Å². The highest BCUT2D eigenvalue weighted by atomic mass is 35.5. The number of rotatable bonds is 7. The van der Waals surface area contributed by atoms with Crippen LogP contribution in [0.5, 0.6) is 11.5 Å². The molecule has 1 aliphatic rings. The molecule has 1 heterocycles. The predicted octanol–water partition coefficient (Wildman–Crippen LogP) is 3.64.